The van der Waals surface area contributed by atoms with E-state index in [1.165, 1.54) is 18.4 Å². The van der Waals surface area contributed by atoms with Crippen molar-refractivity contribution >= 4 is 34.0 Å². The molecule has 2 aliphatic rings. The minimum absolute atomic E-state index is 0.117. The van der Waals surface area contributed by atoms with E-state index in [0.717, 1.165) is 40.7 Å². The van der Waals surface area contributed by atoms with E-state index >= 15 is 0 Å². The number of fused-ring (bicyclic) bond motifs is 2. The number of Topliss-reactive ketones (excluding diaryl/α,β-unsaturated/α-hetero) is 1. The van der Waals surface area contributed by atoms with Gasteiger partial charge in [0, 0.05) is 22.3 Å². The number of nitrogens with one attached hydrogen (secondary N) is 1. The molecule has 96 valence electrons. The molecule has 1 aliphatic heterocycles. The molecule has 0 saturated carbocycles. The molecule has 4 heteroatoms. The number of pyridine rings is 1. The molecular weight excluding hydrogens is 260 g/mol. The first-order valence-electron chi connectivity index (χ1n) is 6.67. The number of anilines is 1. The van der Waals surface area contributed by atoms with Crippen LogP contribution >= 0.6 is 11.6 Å². The molecule has 0 amide bonds. The highest BCUT2D eigenvalue weighted by atomic mass is 35.5. The van der Waals surface area contributed by atoms with E-state index in [2.05, 4.69) is 5.32 Å². The summed E-state index contributed by atoms with van der Waals surface area (Å²) in [5.41, 5.74) is 5.06. The fourth-order valence-corrected chi connectivity index (χ4v) is 3.39. The largest absolute Gasteiger partial charge is 0.377 e. The molecule has 4 rings (SSSR count). The first-order chi connectivity index (χ1) is 9.25. The number of ketones is 1. The molecule has 2 heterocycles. The van der Waals surface area contributed by atoms with E-state index in [1.807, 2.05) is 6.07 Å². The Morgan fingerprint density at radius 2 is 2.05 bits per heavy atom. The molecule has 1 aliphatic carbocycles. The van der Waals surface area contributed by atoms with Crippen LogP contribution in [0.25, 0.3) is 10.9 Å². The maximum absolute atomic E-state index is 12.0. The summed E-state index contributed by atoms with van der Waals surface area (Å²) in [5.74, 6) is 0.117. The molecule has 0 unspecified atom stereocenters. The van der Waals surface area contributed by atoms with Gasteiger partial charge in [-0.05, 0) is 43.4 Å². The third-order valence-electron chi connectivity index (χ3n) is 4.09. The van der Waals surface area contributed by atoms with Crippen LogP contribution in [0.4, 0.5) is 5.69 Å². The van der Waals surface area contributed by atoms with Crippen molar-refractivity contribution in [2.45, 2.75) is 25.7 Å². The van der Waals surface area contributed by atoms with Gasteiger partial charge in [-0.1, -0.05) is 11.6 Å². The zero-order valence-electron chi connectivity index (χ0n) is 10.4. The summed E-state index contributed by atoms with van der Waals surface area (Å²) in [4.78, 5) is 16.7. The van der Waals surface area contributed by atoms with Gasteiger partial charge in [0.25, 0.3) is 0 Å². The Kier molecular flexibility index (Phi) is 2.33. The Morgan fingerprint density at radius 3 is 2.95 bits per heavy atom. The molecule has 0 spiro atoms. The van der Waals surface area contributed by atoms with Gasteiger partial charge in [-0.2, -0.15) is 0 Å². The second-order valence-electron chi connectivity index (χ2n) is 5.21. The Balaban J connectivity index is 2.17. The summed E-state index contributed by atoms with van der Waals surface area (Å²) in [6.07, 6.45) is 4.43. The molecule has 19 heavy (non-hydrogen) atoms. The van der Waals surface area contributed by atoms with E-state index in [1.54, 1.807) is 6.07 Å². The summed E-state index contributed by atoms with van der Waals surface area (Å²) in [6.45, 7) is 0.375. The minimum Gasteiger partial charge on any atom is -0.377 e. The lowest BCUT2D eigenvalue weighted by molar-refractivity contribution is 0.101. The van der Waals surface area contributed by atoms with Crippen molar-refractivity contribution in [1.29, 1.82) is 0 Å². The third kappa shape index (κ3) is 1.51. The van der Waals surface area contributed by atoms with E-state index in [-0.39, 0.29) is 5.78 Å². The standard InChI is InChI=1S/C15H13ClN2O/c16-10-6-5-9-12(19)7-17-14-8-3-1-2-4-11(8)18-15(10)13(9)14/h5-6,17H,1-4,7H2. The zero-order chi connectivity index (χ0) is 13.0. The van der Waals surface area contributed by atoms with Crippen LogP contribution in [-0.2, 0) is 12.8 Å². The van der Waals surface area contributed by atoms with Crippen LogP contribution in [0.1, 0.15) is 34.5 Å². The first kappa shape index (κ1) is 11.2. The Bertz CT molecular complexity index is 724. The number of halogens is 1. The highest BCUT2D eigenvalue weighted by Gasteiger charge is 2.26. The highest BCUT2D eigenvalue weighted by molar-refractivity contribution is 6.36. The predicted octanol–water partition coefficient (Wildman–Crippen LogP) is 3.38. The second-order valence-corrected chi connectivity index (χ2v) is 5.62. The van der Waals surface area contributed by atoms with Crippen LogP contribution in [0, 0.1) is 0 Å². The number of rotatable bonds is 0. The normalized spacial score (nSPS) is 17.2. The summed E-state index contributed by atoms with van der Waals surface area (Å²) in [6, 6.07) is 3.61. The van der Waals surface area contributed by atoms with Crippen LogP contribution in [-0.4, -0.2) is 17.3 Å². The van der Waals surface area contributed by atoms with Gasteiger partial charge in [-0.3, -0.25) is 9.78 Å². The minimum atomic E-state index is 0.117. The van der Waals surface area contributed by atoms with E-state index in [0.29, 0.717) is 11.6 Å². The van der Waals surface area contributed by atoms with Crippen LogP contribution in [0.5, 0.6) is 0 Å². The Morgan fingerprint density at radius 1 is 1.21 bits per heavy atom. The number of aromatic nitrogens is 1. The molecule has 2 aromatic rings. The van der Waals surface area contributed by atoms with E-state index < -0.39 is 0 Å². The lowest BCUT2D eigenvalue weighted by Crippen LogP contribution is -2.23. The van der Waals surface area contributed by atoms with Gasteiger partial charge in [0.1, 0.15) is 0 Å². The molecule has 1 aromatic carbocycles. The number of hydrogen-bond donors (Lipinski definition) is 1. The molecule has 3 nitrogen and oxygen atoms in total. The number of aryl methyl sites for hydroxylation is 1. The van der Waals surface area contributed by atoms with Crippen molar-refractivity contribution in [3.05, 3.63) is 34.0 Å². The lowest BCUT2D eigenvalue weighted by atomic mass is 9.89. The maximum atomic E-state index is 12.0. The SMILES string of the molecule is O=C1CNc2c3c(nc4c(Cl)ccc1c24)CCCC3. The van der Waals surface area contributed by atoms with E-state index in [4.69, 9.17) is 16.6 Å². The molecule has 0 fully saturated rings. The van der Waals surface area contributed by atoms with Crippen LogP contribution < -0.4 is 5.32 Å². The predicted molar refractivity (Wildman–Crippen MR) is 76.2 cm³/mol. The van der Waals surface area contributed by atoms with Gasteiger partial charge in [-0.25, -0.2) is 0 Å². The number of benzene rings is 1. The average Bonchev–Trinajstić information content (AvgIpc) is 2.44. The van der Waals surface area contributed by atoms with Gasteiger partial charge in [0.2, 0.25) is 0 Å². The fraction of sp³-hybridized carbons (Fsp3) is 0.333. The van der Waals surface area contributed by atoms with Gasteiger partial charge >= 0.3 is 0 Å². The topological polar surface area (TPSA) is 42.0 Å². The molecule has 0 atom stereocenters. The summed E-state index contributed by atoms with van der Waals surface area (Å²) >= 11 is 6.27. The zero-order valence-corrected chi connectivity index (χ0v) is 11.2. The van der Waals surface area contributed by atoms with Crippen molar-refractivity contribution in [1.82, 2.24) is 4.98 Å². The molecule has 0 saturated heterocycles. The van der Waals surface area contributed by atoms with Crippen LogP contribution in [0.15, 0.2) is 12.1 Å². The van der Waals surface area contributed by atoms with E-state index in [9.17, 15) is 4.79 Å². The first-order valence-corrected chi connectivity index (χ1v) is 7.04. The molecule has 1 aromatic heterocycles. The second kappa shape index (κ2) is 3.94. The summed E-state index contributed by atoms with van der Waals surface area (Å²) in [7, 11) is 0. The Hall–Kier alpha value is -1.61. The fourth-order valence-electron chi connectivity index (χ4n) is 3.19. The molecule has 0 radical (unpaired) electrons. The van der Waals surface area contributed by atoms with Crippen LogP contribution in [0.3, 0.4) is 0 Å². The lowest BCUT2D eigenvalue weighted by Gasteiger charge is -2.25. The van der Waals surface area contributed by atoms with Crippen molar-refractivity contribution in [3.8, 4) is 0 Å². The molecular formula is C15H13ClN2O. The average molecular weight is 273 g/mol. The maximum Gasteiger partial charge on any atom is 0.182 e. The van der Waals surface area contributed by atoms with Crippen LogP contribution in [0.2, 0.25) is 5.02 Å². The van der Waals surface area contributed by atoms with Crippen molar-refractivity contribution in [2.75, 3.05) is 11.9 Å². The van der Waals surface area contributed by atoms with Gasteiger partial charge in [-0.15, -0.1) is 0 Å². The quantitative estimate of drug-likeness (QED) is 0.799. The number of nitrogens with zero attached hydrogens (tertiary/aromatic N) is 1. The highest BCUT2D eigenvalue weighted by Crippen LogP contribution is 2.39. The Labute approximate surface area is 116 Å². The number of carbonyl (C=O) groups excluding carboxylic acids is 1. The number of carbonyl (C=O) groups is 1. The van der Waals surface area contributed by atoms with Gasteiger partial charge in [0.15, 0.2) is 5.78 Å². The monoisotopic (exact) mass is 272 g/mol. The van der Waals surface area contributed by atoms with Gasteiger partial charge < -0.3 is 5.32 Å². The smallest absolute Gasteiger partial charge is 0.182 e. The molecule has 0 bridgehead atoms. The number of hydrogen-bond acceptors (Lipinski definition) is 3. The van der Waals surface area contributed by atoms with Crippen molar-refractivity contribution < 1.29 is 4.79 Å². The van der Waals surface area contributed by atoms with Gasteiger partial charge in [0.05, 0.1) is 17.1 Å². The molecule has 1 N–H and O–H groups in total. The summed E-state index contributed by atoms with van der Waals surface area (Å²) in [5, 5.41) is 4.83. The summed E-state index contributed by atoms with van der Waals surface area (Å²) < 4.78 is 0. The van der Waals surface area contributed by atoms with Crippen molar-refractivity contribution in [2.24, 2.45) is 0 Å². The van der Waals surface area contributed by atoms with Crippen molar-refractivity contribution in [3.63, 3.8) is 0 Å². The third-order valence-corrected chi connectivity index (χ3v) is 4.40.